The van der Waals surface area contributed by atoms with Crippen molar-refractivity contribution in [2.75, 3.05) is 13.2 Å². The Morgan fingerprint density at radius 2 is 1.60 bits per heavy atom. The van der Waals surface area contributed by atoms with Crippen molar-refractivity contribution in [3.63, 3.8) is 0 Å². The monoisotopic (exact) mass is 344 g/mol. The number of benzene rings is 2. The number of amides is 2. The maximum absolute atomic E-state index is 12.8. The number of aliphatic hydroxyl groups is 1. The molecule has 2 amide bonds. The molecule has 0 bridgehead atoms. The first-order chi connectivity index (χ1) is 12.1. The van der Waals surface area contributed by atoms with Crippen molar-refractivity contribution in [2.45, 2.75) is 18.9 Å². The van der Waals surface area contributed by atoms with Gasteiger partial charge in [-0.05, 0) is 29.7 Å². The van der Waals surface area contributed by atoms with E-state index in [1.807, 2.05) is 30.3 Å². The van der Waals surface area contributed by atoms with E-state index in [1.54, 1.807) is 12.1 Å². The second-order valence-electron chi connectivity index (χ2n) is 5.64. The highest BCUT2D eigenvalue weighted by molar-refractivity contribution is 6.35. The Bertz CT molecular complexity index is 690. The third kappa shape index (κ3) is 6.00. The molecule has 0 aromatic heterocycles. The van der Waals surface area contributed by atoms with Crippen molar-refractivity contribution >= 4 is 11.8 Å². The Kier molecular flexibility index (Phi) is 7.10. The van der Waals surface area contributed by atoms with E-state index < -0.39 is 11.8 Å². The molecule has 0 aliphatic carbocycles. The molecule has 0 fully saturated rings. The maximum Gasteiger partial charge on any atom is 0.309 e. The molecule has 25 heavy (non-hydrogen) atoms. The number of rotatable bonds is 7. The Balaban J connectivity index is 1.83. The fourth-order valence-electron chi connectivity index (χ4n) is 2.43. The van der Waals surface area contributed by atoms with E-state index in [9.17, 15) is 19.1 Å². The van der Waals surface area contributed by atoms with Crippen LogP contribution < -0.4 is 10.6 Å². The minimum atomic E-state index is -0.750. The molecule has 2 rings (SSSR count). The van der Waals surface area contributed by atoms with Gasteiger partial charge < -0.3 is 15.7 Å². The molecule has 2 aromatic carbocycles. The van der Waals surface area contributed by atoms with Crippen molar-refractivity contribution < 1.29 is 19.1 Å². The maximum atomic E-state index is 12.8. The van der Waals surface area contributed by atoms with Crippen LogP contribution in [-0.4, -0.2) is 30.1 Å². The molecule has 0 radical (unpaired) electrons. The average molecular weight is 344 g/mol. The Morgan fingerprint density at radius 3 is 2.24 bits per heavy atom. The van der Waals surface area contributed by atoms with Gasteiger partial charge in [0.25, 0.3) is 0 Å². The van der Waals surface area contributed by atoms with Gasteiger partial charge in [0, 0.05) is 25.6 Å². The molecule has 3 N–H and O–H groups in total. The minimum absolute atomic E-state index is 0.00774. The summed E-state index contributed by atoms with van der Waals surface area (Å²) in [4.78, 5) is 23.8. The van der Waals surface area contributed by atoms with Crippen LogP contribution in [0.5, 0.6) is 0 Å². The Labute approximate surface area is 145 Å². The lowest BCUT2D eigenvalue weighted by atomic mass is 9.96. The quantitative estimate of drug-likeness (QED) is 0.669. The largest absolute Gasteiger partial charge is 0.396 e. The highest BCUT2D eigenvalue weighted by Gasteiger charge is 2.16. The van der Waals surface area contributed by atoms with Crippen molar-refractivity contribution in [2.24, 2.45) is 0 Å². The van der Waals surface area contributed by atoms with Gasteiger partial charge in [0.05, 0.1) is 0 Å². The Morgan fingerprint density at radius 1 is 0.960 bits per heavy atom. The zero-order valence-electron chi connectivity index (χ0n) is 13.7. The van der Waals surface area contributed by atoms with Gasteiger partial charge in [-0.1, -0.05) is 42.5 Å². The number of carbonyl (C=O) groups excluding carboxylic acids is 2. The summed E-state index contributed by atoms with van der Waals surface area (Å²) in [5.74, 6) is -1.91. The molecule has 5 nitrogen and oxygen atoms in total. The van der Waals surface area contributed by atoms with Crippen LogP contribution in [0.4, 0.5) is 4.39 Å². The van der Waals surface area contributed by atoms with Crippen LogP contribution in [0, 0.1) is 5.82 Å². The SMILES string of the molecule is O=C(NCc1ccc(F)cc1)C(=O)NCC(CCO)c1ccccc1. The summed E-state index contributed by atoms with van der Waals surface area (Å²) < 4.78 is 12.8. The van der Waals surface area contributed by atoms with Gasteiger partial charge in [0.15, 0.2) is 0 Å². The number of aliphatic hydroxyl groups excluding tert-OH is 1. The van der Waals surface area contributed by atoms with Gasteiger partial charge in [-0.25, -0.2) is 4.39 Å². The lowest BCUT2D eigenvalue weighted by molar-refractivity contribution is -0.139. The van der Waals surface area contributed by atoms with Crippen LogP contribution >= 0.6 is 0 Å². The minimum Gasteiger partial charge on any atom is -0.396 e. The zero-order chi connectivity index (χ0) is 18.1. The van der Waals surface area contributed by atoms with Gasteiger partial charge in [-0.2, -0.15) is 0 Å². The van der Waals surface area contributed by atoms with E-state index in [0.29, 0.717) is 12.0 Å². The highest BCUT2D eigenvalue weighted by atomic mass is 19.1. The van der Waals surface area contributed by atoms with Crippen LogP contribution in [0.1, 0.15) is 23.5 Å². The standard InChI is InChI=1S/C19H21FN2O3/c20-17-8-6-14(7-9-17)12-21-18(24)19(25)22-13-16(10-11-23)15-4-2-1-3-5-15/h1-9,16,23H,10-13H2,(H,21,24)(H,22,25). The molecule has 0 saturated heterocycles. The molecule has 0 heterocycles. The van der Waals surface area contributed by atoms with E-state index in [0.717, 1.165) is 5.56 Å². The van der Waals surface area contributed by atoms with E-state index in [1.165, 1.54) is 12.1 Å². The second-order valence-corrected chi connectivity index (χ2v) is 5.64. The summed E-state index contributed by atoms with van der Waals surface area (Å²) in [6.07, 6.45) is 0.488. The number of nitrogens with one attached hydrogen (secondary N) is 2. The predicted molar refractivity (Wildman–Crippen MR) is 92.1 cm³/mol. The van der Waals surface area contributed by atoms with Crippen LogP contribution in [0.25, 0.3) is 0 Å². The van der Waals surface area contributed by atoms with E-state index in [2.05, 4.69) is 10.6 Å². The molecule has 0 aliphatic heterocycles. The molecule has 2 aromatic rings. The molecule has 0 spiro atoms. The number of hydrogen-bond acceptors (Lipinski definition) is 3. The van der Waals surface area contributed by atoms with Gasteiger partial charge in [-0.15, -0.1) is 0 Å². The van der Waals surface area contributed by atoms with Crippen molar-refractivity contribution in [3.05, 3.63) is 71.5 Å². The summed E-state index contributed by atoms with van der Waals surface area (Å²) in [5.41, 5.74) is 1.69. The van der Waals surface area contributed by atoms with Crippen molar-refractivity contribution in [3.8, 4) is 0 Å². The third-order valence-electron chi connectivity index (χ3n) is 3.83. The highest BCUT2D eigenvalue weighted by Crippen LogP contribution is 2.18. The second kappa shape index (κ2) is 9.54. The van der Waals surface area contributed by atoms with Gasteiger partial charge in [0.1, 0.15) is 5.82 Å². The zero-order valence-corrected chi connectivity index (χ0v) is 13.7. The summed E-state index contributed by atoms with van der Waals surface area (Å²) in [6, 6.07) is 15.2. The molecule has 0 aliphatic rings. The fraction of sp³-hybridized carbons (Fsp3) is 0.263. The molecule has 1 atom stereocenters. The molecular weight excluding hydrogens is 323 g/mol. The molecular formula is C19H21FN2O3. The smallest absolute Gasteiger partial charge is 0.309 e. The molecule has 132 valence electrons. The van der Waals surface area contributed by atoms with Crippen LogP contribution in [0.2, 0.25) is 0 Å². The van der Waals surface area contributed by atoms with Gasteiger partial charge >= 0.3 is 11.8 Å². The van der Waals surface area contributed by atoms with E-state index in [4.69, 9.17) is 0 Å². The molecule has 1 unspecified atom stereocenters. The van der Waals surface area contributed by atoms with Gasteiger partial charge in [-0.3, -0.25) is 9.59 Å². The first-order valence-electron chi connectivity index (χ1n) is 8.06. The van der Waals surface area contributed by atoms with Crippen LogP contribution in [0.15, 0.2) is 54.6 Å². The van der Waals surface area contributed by atoms with Gasteiger partial charge in [0.2, 0.25) is 0 Å². The number of halogens is 1. The Hall–Kier alpha value is -2.73. The topological polar surface area (TPSA) is 78.4 Å². The predicted octanol–water partition coefficient (Wildman–Crippen LogP) is 1.72. The average Bonchev–Trinajstić information content (AvgIpc) is 2.64. The first-order valence-corrected chi connectivity index (χ1v) is 8.06. The lowest BCUT2D eigenvalue weighted by Gasteiger charge is -2.17. The normalized spacial score (nSPS) is 11.6. The number of carbonyl (C=O) groups is 2. The number of hydrogen-bond donors (Lipinski definition) is 3. The first kappa shape index (κ1) is 18.6. The summed E-state index contributed by atoms with van der Waals surface area (Å²) >= 11 is 0. The summed E-state index contributed by atoms with van der Waals surface area (Å²) in [5, 5.41) is 14.3. The fourth-order valence-corrected chi connectivity index (χ4v) is 2.43. The molecule has 6 heteroatoms. The van der Waals surface area contributed by atoms with Crippen molar-refractivity contribution in [1.29, 1.82) is 0 Å². The summed E-state index contributed by atoms with van der Waals surface area (Å²) in [7, 11) is 0. The van der Waals surface area contributed by atoms with E-state index in [-0.39, 0.29) is 31.4 Å². The van der Waals surface area contributed by atoms with Crippen LogP contribution in [0.3, 0.4) is 0 Å². The van der Waals surface area contributed by atoms with Crippen molar-refractivity contribution in [1.82, 2.24) is 10.6 Å². The van der Waals surface area contributed by atoms with Crippen LogP contribution in [-0.2, 0) is 16.1 Å². The van der Waals surface area contributed by atoms with E-state index >= 15 is 0 Å². The lowest BCUT2D eigenvalue weighted by Crippen LogP contribution is -2.41. The molecule has 0 saturated carbocycles. The third-order valence-corrected chi connectivity index (χ3v) is 3.83. The summed E-state index contributed by atoms with van der Waals surface area (Å²) in [6.45, 7) is 0.394.